The zero-order valence-corrected chi connectivity index (χ0v) is 20.8. The van der Waals surface area contributed by atoms with Gasteiger partial charge in [0.15, 0.2) is 0 Å². The average Bonchev–Trinajstić information content (AvgIpc) is 2.78. The van der Waals surface area contributed by atoms with E-state index in [1.54, 1.807) is 11.1 Å². The van der Waals surface area contributed by atoms with E-state index in [4.69, 9.17) is 0 Å². The molecule has 3 aromatic carbocycles. The van der Waals surface area contributed by atoms with Crippen LogP contribution >= 0.6 is 0 Å². The summed E-state index contributed by atoms with van der Waals surface area (Å²) < 4.78 is 0. The number of hydrogen-bond donors (Lipinski definition) is 0. The predicted octanol–water partition coefficient (Wildman–Crippen LogP) is 8.80. The Morgan fingerprint density at radius 1 is 0.750 bits per heavy atom. The molecular weight excluding hydrogens is 384 g/mol. The molecule has 0 aromatic heterocycles. The van der Waals surface area contributed by atoms with Crippen LogP contribution in [0.15, 0.2) is 60.7 Å². The van der Waals surface area contributed by atoms with Crippen LogP contribution in [0.2, 0.25) is 0 Å². The summed E-state index contributed by atoms with van der Waals surface area (Å²) in [5.74, 6) is 0. The lowest BCUT2D eigenvalue weighted by Gasteiger charge is -2.44. The fraction of sp³-hybridized carbons (Fsp3) is 0.375. The van der Waals surface area contributed by atoms with Gasteiger partial charge < -0.3 is 0 Å². The monoisotopic (exact) mass is 422 g/mol. The highest BCUT2D eigenvalue weighted by molar-refractivity contribution is 5.73. The Bertz CT molecular complexity index is 1110. The van der Waals surface area contributed by atoms with Gasteiger partial charge in [-0.25, -0.2) is 0 Å². The van der Waals surface area contributed by atoms with Crippen molar-refractivity contribution in [3.8, 4) is 0 Å². The molecule has 0 nitrogen and oxygen atoms in total. The second-order valence-electron chi connectivity index (χ2n) is 10.8. The van der Waals surface area contributed by atoms with E-state index < -0.39 is 0 Å². The van der Waals surface area contributed by atoms with Crippen molar-refractivity contribution < 1.29 is 0 Å². The number of fused-ring (bicyclic) bond motifs is 1. The largest absolute Gasteiger partial charge is 0.0645 e. The summed E-state index contributed by atoms with van der Waals surface area (Å²) in [7, 11) is 0. The third-order valence-corrected chi connectivity index (χ3v) is 7.79. The molecular formula is C32H38. The summed E-state index contributed by atoms with van der Waals surface area (Å²) in [4.78, 5) is 0. The topological polar surface area (TPSA) is 0 Å². The van der Waals surface area contributed by atoms with Crippen molar-refractivity contribution in [1.29, 1.82) is 0 Å². The molecule has 1 aliphatic rings. The summed E-state index contributed by atoms with van der Waals surface area (Å²) in [6, 6.07) is 22.9. The first-order valence-electron chi connectivity index (χ1n) is 12.2. The molecule has 0 saturated heterocycles. The lowest BCUT2D eigenvalue weighted by molar-refractivity contribution is 0.304. The van der Waals surface area contributed by atoms with Crippen LogP contribution in [0, 0.1) is 13.8 Å². The van der Waals surface area contributed by atoms with Crippen molar-refractivity contribution in [2.45, 2.75) is 78.1 Å². The van der Waals surface area contributed by atoms with E-state index in [-0.39, 0.29) is 10.8 Å². The van der Waals surface area contributed by atoms with Gasteiger partial charge in [0, 0.05) is 0 Å². The second kappa shape index (κ2) is 8.74. The van der Waals surface area contributed by atoms with Gasteiger partial charge in [0.05, 0.1) is 0 Å². The smallest absolute Gasteiger partial charge is 0.00197 e. The first kappa shape index (κ1) is 22.6. The fourth-order valence-corrected chi connectivity index (χ4v) is 5.04. The first-order valence-corrected chi connectivity index (χ1v) is 12.2. The van der Waals surface area contributed by atoms with E-state index in [1.807, 2.05) is 0 Å². The molecule has 0 saturated carbocycles. The van der Waals surface area contributed by atoms with Crippen molar-refractivity contribution in [3.63, 3.8) is 0 Å². The zero-order chi connectivity index (χ0) is 22.9. The normalized spacial score (nSPS) is 19.8. The van der Waals surface area contributed by atoms with Crippen LogP contribution in [0.5, 0.6) is 0 Å². The second-order valence-corrected chi connectivity index (χ2v) is 10.8. The van der Waals surface area contributed by atoms with Crippen LogP contribution in [0.3, 0.4) is 0 Å². The van der Waals surface area contributed by atoms with E-state index in [9.17, 15) is 0 Å². The number of rotatable bonds is 5. The van der Waals surface area contributed by atoms with Crippen LogP contribution in [0.4, 0.5) is 0 Å². The minimum Gasteiger partial charge on any atom is -0.0645 e. The molecule has 0 heterocycles. The Morgan fingerprint density at radius 3 is 2.00 bits per heavy atom. The van der Waals surface area contributed by atoms with Gasteiger partial charge in [0.1, 0.15) is 0 Å². The van der Waals surface area contributed by atoms with Crippen LogP contribution < -0.4 is 0 Å². The Labute approximate surface area is 195 Å². The van der Waals surface area contributed by atoms with Gasteiger partial charge in [0.2, 0.25) is 0 Å². The lowest BCUT2D eigenvalue weighted by Crippen LogP contribution is -2.35. The molecule has 1 aliphatic carbocycles. The predicted molar refractivity (Wildman–Crippen MR) is 140 cm³/mol. The van der Waals surface area contributed by atoms with Gasteiger partial charge in [0.25, 0.3) is 0 Å². The third-order valence-electron chi connectivity index (χ3n) is 7.79. The standard InChI is InChI=1S/C32H38/c1-7-32(6)19-18-31(4,5)29-21-27(17-16-25-12-8-23(2)9-13-25)28(22-30(29)32)20-26-14-10-24(3)11-15-26/h8-17,21-22H,7,18-20H2,1-6H3/b17-16+. The zero-order valence-electron chi connectivity index (χ0n) is 20.8. The summed E-state index contributed by atoms with van der Waals surface area (Å²) in [5.41, 5.74) is 11.7. The summed E-state index contributed by atoms with van der Waals surface area (Å²) in [6.07, 6.45) is 9.30. The molecule has 3 aromatic rings. The van der Waals surface area contributed by atoms with Crippen LogP contribution in [0.25, 0.3) is 12.2 Å². The minimum absolute atomic E-state index is 0.221. The van der Waals surface area contributed by atoms with Gasteiger partial charge in [-0.2, -0.15) is 0 Å². The molecule has 0 aliphatic heterocycles. The Balaban J connectivity index is 1.83. The number of aryl methyl sites for hydroxylation is 2. The van der Waals surface area contributed by atoms with Gasteiger partial charge in [-0.05, 0) is 83.7 Å². The minimum atomic E-state index is 0.221. The quantitative estimate of drug-likeness (QED) is 0.360. The molecule has 0 heteroatoms. The van der Waals surface area contributed by atoms with Crippen molar-refractivity contribution in [1.82, 2.24) is 0 Å². The maximum Gasteiger partial charge on any atom is -0.00197 e. The maximum absolute atomic E-state index is 2.55. The first-order chi connectivity index (χ1) is 15.2. The summed E-state index contributed by atoms with van der Waals surface area (Å²) >= 11 is 0. The lowest BCUT2D eigenvalue weighted by atomic mass is 9.61. The molecule has 0 spiro atoms. The average molecular weight is 423 g/mol. The molecule has 1 unspecified atom stereocenters. The summed E-state index contributed by atoms with van der Waals surface area (Å²) in [5, 5.41) is 0. The SMILES string of the molecule is CCC1(C)CCC(C)(C)c2cc(/C=C/c3ccc(C)cc3)c(Cc3ccc(C)cc3)cc21. The van der Waals surface area contributed by atoms with E-state index >= 15 is 0 Å². The van der Waals surface area contributed by atoms with E-state index in [0.29, 0.717) is 0 Å². The molecule has 32 heavy (non-hydrogen) atoms. The molecule has 166 valence electrons. The molecule has 1 atom stereocenters. The van der Waals surface area contributed by atoms with E-state index in [0.717, 1.165) is 6.42 Å². The Morgan fingerprint density at radius 2 is 1.38 bits per heavy atom. The highest BCUT2D eigenvalue weighted by Crippen LogP contribution is 2.48. The van der Waals surface area contributed by atoms with Crippen molar-refractivity contribution >= 4 is 12.2 Å². The van der Waals surface area contributed by atoms with Crippen LogP contribution in [-0.4, -0.2) is 0 Å². The third kappa shape index (κ3) is 4.60. The molecule has 0 fully saturated rings. The van der Waals surface area contributed by atoms with Gasteiger partial charge in [-0.1, -0.05) is 112 Å². The molecule has 4 rings (SSSR count). The fourth-order valence-electron chi connectivity index (χ4n) is 5.04. The Hall–Kier alpha value is -2.60. The van der Waals surface area contributed by atoms with Gasteiger partial charge in [-0.3, -0.25) is 0 Å². The number of hydrogen-bond acceptors (Lipinski definition) is 0. The van der Waals surface area contributed by atoms with E-state index in [1.165, 1.54) is 52.6 Å². The summed E-state index contributed by atoms with van der Waals surface area (Å²) in [6.45, 7) is 14.0. The molecule has 0 amide bonds. The van der Waals surface area contributed by atoms with E-state index in [2.05, 4.69) is 114 Å². The highest BCUT2D eigenvalue weighted by Gasteiger charge is 2.39. The Kier molecular flexibility index (Phi) is 6.17. The molecule has 0 bridgehead atoms. The van der Waals surface area contributed by atoms with Crippen molar-refractivity contribution in [2.24, 2.45) is 0 Å². The van der Waals surface area contributed by atoms with Crippen LogP contribution in [0.1, 0.15) is 91.5 Å². The maximum atomic E-state index is 2.55. The van der Waals surface area contributed by atoms with Gasteiger partial charge >= 0.3 is 0 Å². The highest BCUT2D eigenvalue weighted by atomic mass is 14.4. The number of benzene rings is 3. The van der Waals surface area contributed by atoms with Crippen molar-refractivity contribution in [2.75, 3.05) is 0 Å². The molecule has 0 N–H and O–H groups in total. The van der Waals surface area contributed by atoms with Crippen molar-refractivity contribution in [3.05, 3.63) is 105 Å². The molecule has 0 radical (unpaired) electrons. The van der Waals surface area contributed by atoms with Crippen LogP contribution in [-0.2, 0) is 17.3 Å². The van der Waals surface area contributed by atoms with Gasteiger partial charge in [-0.15, -0.1) is 0 Å².